The van der Waals surface area contributed by atoms with E-state index in [9.17, 15) is 4.39 Å². The highest BCUT2D eigenvalue weighted by atomic mass is 19.1. The molecule has 0 heterocycles. The summed E-state index contributed by atoms with van der Waals surface area (Å²) >= 11 is 0. The van der Waals surface area contributed by atoms with E-state index in [-0.39, 0.29) is 12.4 Å². The monoisotopic (exact) mass is 289 g/mol. The minimum atomic E-state index is -0.320. The maximum absolute atomic E-state index is 13.7. The fraction of sp³-hybridized carbons (Fsp3) is 0.556. The van der Waals surface area contributed by atoms with Crippen molar-refractivity contribution in [1.29, 1.82) is 0 Å². The number of hydrogen-bond donors (Lipinski definition) is 1. The molecular formula is C18H24FNO. The lowest BCUT2D eigenvalue weighted by molar-refractivity contribution is 0.239. The zero-order chi connectivity index (χ0) is 15.2. The summed E-state index contributed by atoms with van der Waals surface area (Å²) in [6.07, 6.45) is 3.74. The van der Waals surface area contributed by atoms with Crippen molar-refractivity contribution in [3.05, 3.63) is 35.1 Å². The summed E-state index contributed by atoms with van der Waals surface area (Å²) in [7, 11) is 0. The largest absolute Gasteiger partial charge is 0.384 e. The first kappa shape index (κ1) is 16.0. The van der Waals surface area contributed by atoms with Gasteiger partial charge in [0.25, 0.3) is 0 Å². The number of rotatable bonds is 6. The molecule has 3 heteroatoms. The molecule has 1 fully saturated rings. The number of aliphatic hydroxyl groups excluding tert-OH is 1. The molecule has 0 saturated heterocycles. The van der Waals surface area contributed by atoms with Crippen molar-refractivity contribution in [2.45, 2.75) is 45.7 Å². The number of halogens is 1. The molecule has 1 saturated carbocycles. The van der Waals surface area contributed by atoms with Crippen LogP contribution in [0.2, 0.25) is 0 Å². The average Bonchev–Trinajstić information content (AvgIpc) is 3.28. The van der Waals surface area contributed by atoms with E-state index in [1.54, 1.807) is 0 Å². The van der Waals surface area contributed by atoms with Gasteiger partial charge < -0.3 is 5.11 Å². The Morgan fingerprint density at radius 2 is 2.14 bits per heavy atom. The van der Waals surface area contributed by atoms with Gasteiger partial charge in [-0.15, -0.1) is 0 Å². The first-order chi connectivity index (χ1) is 10.1. The Balaban J connectivity index is 2.06. The SMILES string of the molecule is CC(C)CCN(Cc1ccc(F)c(C#CCO)c1)C1CC1. The molecular weight excluding hydrogens is 265 g/mol. The number of aliphatic hydroxyl groups is 1. The van der Waals surface area contributed by atoms with E-state index < -0.39 is 0 Å². The third kappa shape index (κ3) is 5.15. The highest BCUT2D eigenvalue weighted by Gasteiger charge is 2.28. The molecule has 0 radical (unpaired) electrons. The molecule has 0 atom stereocenters. The lowest BCUT2D eigenvalue weighted by Gasteiger charge is -2.23. The maximum atomic E-state index is 13.7. The average molecular weight is 289 g/mol. The van der Waals surface area contributed by atoms with Crippen LogP contribution < -0.4 is 0 Å². The summed E-state index contributed by atoms with van der Waals surface area (Å²) < 4.78 is 13.7. The van der Waals surface area contributed by atoms with Crippen LogP contribution >= 0.6 is 0 Å². The van der Waals surface area contributed by atoms with Gasteiger partial charge in [0, 0.05) is 12.6 Å². The smallest absolute Gasteiger partial charge is 0.138 e. The van der Waals surface area contributed by atoms with Gasteiger partial charge in [0.2, 0.25) is 0 Å². The molecule has 0 aliphatic heterocycles. The second-order valence-corrected chi connectivity index (χ2v) is 6.16. The third-order valence-electron chi connectivity index (χ3n) is 3.78. The summed E-state index contributed by atoms with van der Waals surface area (Å²) in [5, 5.41) is 8.73. The summed E-state index contributed by atoms with van der Waals surface area (Å²) in [4.78, 5) is 2.50. The molecule has 2 rings (SSSR count). The molecule has 1 aliphatic rings. The van der Waals surface area contributed by atoms with Crippen LogP contribution in [0.25, 0.3) is 0 Å². The lowest BCUT2D eigenvalue weighted by Crippen LogP contribution is -2.27. The summed E-state index contributed by atoms with van der Waals surface area (Å²) in [6, 6.07) is 5.82. The highest BCUT2D eigenvalue weighted by Crippen LogP contribution is 2.29. The van der Waals surface area contributed by atoms with Crippen LogP contribution in [0, 0.1) is 23.6 Å². The Kier molecular flexibility index (Phi) is 5.78. The zero-order valence-electron chi connectivity index (χ0n) is 12.9. The van der Waals surface area contributed by atoms with Gasteiger partial charge in [-0.2, -0.15) is 0 Å². The molecule has 21 heavy (non-hydrogen) atoms. The Bertz CT molecular complexity index is 526. The number of nitrogens with zero attached hydrogens (tertiary/aromatic N) is 1. The predicted octanol–water partition coefficient (Wildman–Crippen LogP) is 3.18. The number of hydrogen-bond acceptors (Lipinski definition) is 2. The van der Waals surface area contributed by atoms with Crippen molar-refractivity contribution in [1.82, 2.24) is 4.90 Å². The van der Waals surface area contributed by atoms with E-state index in [1.165, 1.54) is 25.3 Å². The second-order valence-electron chi connectivity index (χ2n) is 6.16. The van der Waals surface area contributed by atoms with Crippen molar-refractivity contribution in [3.63, 3.8) is 0 Å². The van der Waals surface area contributed by atoms with Crippen LogP contribution in [0.4, 0.5) is 4.39 Å². The molecule has 0 bridgehead atoms. The molecule has 1 N–H and O–H groups in total. The van der Waals surface area contributed by atoms with E-state index >= 15 is 0 Å². The van der Waals surface area contributed by atoms with Crippen molar-refractivity contribution in [3.8, 4) is 11.8 Å². The van der Waals surface area contributed by atoms with E-state index in [2.05, 4.69) is 30.6 Å². The summed E-state index contributed by atoms with van der Waals surface area (Å²) in [6.45, 7) is 6.19. The number of benzene rings is 1. The first-order valence-corrected chi connectivity index (χ1v) is 7.72. The zero-order valence-corrected chi connectivity index (χ0v) is 12.9. The van der Waals surface area contributed by atoms with Crippen molar-refractivity contribution in [2.75, 3.05) is 13.2 Å². The summed E-state index contributed by atoms with van der Waals surface area (Å²) in [5.74, 6) is 5.57. The van der Waals surface area contributed by atoms with Crippen molar-refractivity contribution in [2.24, 2.45) is 5.92 Å². The fourth-order valence-electron chi connectivity index (χ4n) is 2.39. The van der Waals surface area contributed by atoms with Gasteiger partial charge >= 0.3 is 0 Å². The Labute approximate surface area is 127 Å². The van der Waals surface area contributed by atoms with Crippen LogP contribution in [-0.2, 0) is 6.54 Å². The highest BCUT2D eigenvalue weighted by molar-refractivity contribution is 5.38. The minimum absolute atomic E-state index is 0.244. The Morgan fingerprint density at radius 1 is 1.38 bits per heavy atom. The Morgan fingerprint density at radius 3 is 2.76 bits per heavy atom. The van der Waals surface area contributed by atoms with Crippen LogP contribution in [0.15, 0.2) is 18.2 Å². The molecule has 1 aromatic rings. The third-order valence-corrected chi connectivity index (χ3v) is 3.78. The van der Waals surface area contributed by atoms with Crippen molar-refractivity contribution >= 4 is 0 Å². The molecule has 0 aromatic heterocycles. The molecule has 0 unspecified atom stereocenters. The minimum Gasteiger partial charge on any atom is -0.384 e. The molecule has 0 amide bonds. The molecule has 2 nitrogen and oxygen atoms in total. The van der Waals surface area contributed by atoms with E-state index in [1.807, 2.05) is 12.1 Å². The van der Waals surface area contributed by atoms with Gasteiger partial charge in [-0.25, -0.2) is 4.39 Å². The fourth-order valence-corrected chi connectivity index (χ4v) is 2.39. The van der Waals surface area contributed by atoms with Crippen LogP contribution in [0.3, 0.4) is 0 Å². The topological polar surface area (TPSA) is 23.5 Å². The van der Waals surface area contributed by atoms with Gasteiger partial charge in [-0.3, -0.25) is 4.90 Å². The van der Waals surface area contributed by atoms with Crippen LogP contribution in [0.1, 0.15) is 44.2 Å². The van der Waals surface area contributed by atoms with Crippen LogP contribution in [0.5, 0.6) is 0 Å². The quantitative estimate of drug-likeness (QED) is 0.813. The predicted molar refractivity (Wildman–Crippen MR) is 83.3 cm³/mol. The van der Waals surface area contributed by atoms with Gasteiger partial charge in [-0.05, 0) is 49.4 Å². The van der Waals surface area contributed by atoms with E-state index in [0.29, 0.717) is 17.5 Å². The van der Waals surface area contributed by atoms with E-state index in [4.69, 9.17) is 5.11 Å². The molecule has 1 aliphatic carbocycles. The molecule has 1 aromatic carbocycles. The molecule has 0 spiro atoms. The standard InChI is InChI=1S/C18H24FNO/c1-14(2)9-10-20(17-6-7-17)13-15-5-8-18(19)16(12-15)4-3-11-21/h5,8,12,14,17,21H,6-7,9-11,13H2,1-2H3. The normalized spacial score (nSPS) is 14.4. The molecule has 114 valence electrons. The summed E-state index contributed by atoms with van der Waals surface area (Å²) in [5.41, 5.74) is 1.47. The van der Waals surface area contributed by atoms with Crippen molar-refractivity contribution < 1.29 is 9.50 Å². The maximum Gasteiger partial charge on any atom is 0.138 e. The van der Waals surface area contributed by atoms with Gasteiger partial charge in [0.1, 0.15) is 12.4 Å². The first-order valence-electron chi connectivity index (χ1n) is 7.72. The van der Waals surface area contributed by atoms with Crippen LogP contribution in [-0.4, -0.2) is 29.2 Å². The van der Waals surface area contributed by atoms with E-state index in [0.717, 1.165) is 18.7 Å². The second kappa shape index (κ2) is 7.59. The van der Waals surface area contributed by atoms with Gasteiger partial charge in [0.05, 0.1) is 5.56 Å². The van der Waals surface area contributed by atoms with Gasteiger partial charge in [0.15, 0.2) is 0 Å². The van der Waals surface area contributed by atoms with Gasteiger partial charge in [-0.1, -0.05) is 31.8 Å². The lowest BCUT2D eigenvalue weighted by atomic mass is 10.1. The Hall–Kier alpha value is -1.37.